The van der Waals surface area contributed by atoms with Gasteiger partial charge in [-0.05, 0) is 32.1 Å². The lowest BCUT2D eigenvalue weighted by Crippen LogP contribution is -2.46. The summed E-state index contributed by atoms with van der Waals surface area (Å²) in [5.41, 5.74) is 5.36. The smallest absolute Gasteiger partial charge is 0.393 e. The maximum atomic E-state index is 12.8. The van der Waals surface area contributed by atoms with Crippen molar-refractivity contribution in [3.05, 3.63) is 24.3 Å². The van der Waals surface area contributed by atoms with Gasteiger partial charge < -0.3 is 26.2 Å². The van der Waals surface area contributed by atoms with Gasteiger partial charge in [-0.2, -0.15) is 0 Å². The summed E-state index contributed by atoms with van der Waals surface area (Å²) >= 11 is 0. The van der Waals surface area contributed by atoms with Crippen LogP contribution >= 0.6 is 7.82 Å². The first-order valence-corrected chi connectivity index (χ1v) is 24.0. The maximum Gasteiger partial charge on any atom is 0.472 e. The van der Waals surface area contributed by atoms with E-state index in [-0.39, 0.29) is 19.6 Å². The molecular weight excluding hydrogens is 699 g/mol. The van der Waals surface area contributed by atoms with Gasteiger partial charge in [0.05, 0.1) is 37.9 Å². The molecule has 9 nitrogen and oxygen atoms in total. The number of phosphoric acid groups is 1. The van der Waals surface area contributed by atoms with Crippen LogP contribution in [0.3, 0.4) is 0 Å². The van der Waals surface area contributed by atoms with Crippen LogP contribution in [0.2, 0.25) is 0 Å². The molecule has 0 radical (unpaired) electrons. The summed E-state index contributed by atoms with van der Waals surface area (Å²) < 4.78 is 22.1. The number of aliphatic hydroxyl groups excluding tert-OH is 2. The topological polar surface area (TPSA) is 151 Å². The predicted molar refractivity (Wildman–Crippen MR) is 227 cm³/mol. The van der Waals surface area contributed by atoms with Gasteiger partial charge in [0.1, 0.15) is 0 Å². The molecule has 1 amide bonds. The highest BCUT2D eigenvalue weighted by Crippen LogP contribution is 2.43. The summed E-state index contributed by atoms with van der Waals surface area (Å²) in [6.45, 7) is 3.96. The Morgan fingerprint density at radius 2 is 1.06 bits per heavy atom. The van der Waals surface area contributed by atoms with Crippen molar-refractivity contribution < 1.29 is 33.5 Å². The Labute approximate surface area is 332 Å². The van der Waals surface area contributed by atoms with Gasteiger partial charge in [0, 0.05) is 6.54 Å². The van der Waals surface area contributed by atoms with Crippen molar-refractivity contribution in [3.8, 4) is 0 Å². The normalized spacial score (nSPS) is 14.9. The first-order valence-electron chi connectivity index (χ1n) is 22.5. The molecule has 0 rings (SSSR count). The van der Waals surface area contributed by atoms with Crippen LogP contribution in [0.4, 0.5) is 0 Å². The van der Waals surface area contributed by atoms with E-state index in [0.29, 0.717) is 12.8 Å². The zero-order valence-electron chi connectivity index (χ0n) is 35.1. The lowest BCUT2D eigenvalue weighted by Gasteiger charge is -2.24. The zero-order valence-corrected chi connectivity index (χ0v) is 36.0. The van der Waals surface area contributed by atoms with Crippen LogP contribution in [0.25, 0.3) is 0 Å². The third-order valence-corrected chi connectivity index (χ3v) is 11.1. The minimum atomic E-state index is -4.40. The van der Waals surface area contributed by atoms with E-state index < -0.39 is 38.6 Å². The van der Waals surface area contributed by atoms with Crippen LogP contribution in [-0.2, 0) is 18.4 Å². The van der Waals surface area contributed by atoms with Crippen LogP contribution in [-0.4, -0.2) is 59.0 Å². The number of nitrogens with one attached hydrogen (secondary N) is 1. The molecule has 0 fully saturated rings. The zero-order chi connectivity index (χ0) is 39.8. The average Bonchev–Trinajstić information content (AvgIpc) is 3.15. The molecule has 0 aromatic heterocycles. The molecule has 0 aliphatic heterocycles. The number of hydrogen-bond acceptors (Lipinski definition) is 7. The molecule has 0 saturated carbocycles. The van der Waals surface area contributed by atoms with E-state index in [9.17, 15) is 24.5 Å². The van der Waals surface area contributed by atoms with Crippen LogP contribution in [0.15, 0.2) is 24.3 Å². The fourth-order valence-electron chi connectivity index (χ4n) is 6.66. The summed E-state index contributed by atoms with van der Waals surface area (Å²) in [5.74, 6) is -0.453. The maximum absolute atomic E-state index is 12.8. The van der Waals surface area contributed by atoms with Crippen molar-refractivity contribution in [1.82, 2.24) is 5.32 Å². The second-order valence-corrected chi connectivity index (χ2v) is 16.9. The number of allylic oxidation sites excluding steroid dienone is 3. The SMILES string of the molecule is CCCCCCCCCC/C=C/CC/C=C/C(O)C(COP(=O)(O)OCCN)NC(=O)CC(O)CCCCCCCCCCCCCCCCCCCC. The number of hydrogen-bond donors (Lipinski definition) is 5. The quantitative estimate of drug-likeness (QED) is 0.0233. The molecule has 54 heavy (non-hydrogen) atoms. The number of nitrogens with two attached hydrogens (primary N) is 1. The highest BCUT2D eigenvalue weighted by molar-refractivity contribution is 7.47. The van der Waals surface area contributed by atoms with Crippen LogP contribution in [0.1, 0.15) is 213 Å². The van der Waals surface area contributed by atoms with Gasteiger partial charge in [0.15, 0.2) is 0 Å². The minimum Gasteiger partial charge on any atom is -0.393 e. The fourth-order valence-corrected chi connectivity index (χ4v) is 7.42. The van der Waals surface area contributed by atoms with Crippen molar-refractivity contribution in [2.75, 3.05) is 19.8 Å². The first kappa shape index (κ1) is 52.9. The Balaban J connectivity index is 4.29. The standard InChI is InChI=1S/C44H87N2O7P/c1-3-5-7-9-11-13-15-17-19-20-21-22-23-25-27-29-31-33-35-41(47)39-44(49)46-42(40-53-54(50,51)52-38-37-45)43(48)36-34-32-30-28-26-24-18-16-14-12-10-8-6-4-2/h26,28,34,36,41-43,47-48H,3-25,27,29-33,35,37-40,45H2,1-2H3,(H,46,49)(H,50,51)/b28-26+,36-34+. The van der Waals surface area contributed by atoms with E-state index in [1.54, 1.807) is 6.08 Å². The van der Waals surface area contributed by atoms with Crippen LogP contribution in [0.5, 0.6) is 0 Å². The summed E-state index contributed by atoms with van der Waals surface area (Å²) in [6.07, 6.45) is 42.7. The van der Waals surface area contributed by atoms with Crippen molar-refractivity contribution >= 4 is 13.7 Å². The monoisotopic (exact) mass is 787 g/mol. The second kappa shape index (κ2) is 40.1. The summed E-state index contributed by atoms with van der Waals surface area (Å²) in [4.78, 5) is 22.7. The van der Waals surface area contributed by atoms with Crippen molar-refractivity contribution in [2.45, 2.75) is 231 Å². The Kier molecular flexibility index (Phi) is 39.4. The van der Waals surface area contributed by atoms with Crippen molar-refractivity contribution in [1.29, 1.82) is 0 Å². The highest BCUT2D eigenvalue weighted by Gasteiger charge is 2.27. The number of carbonyl (C=O) groups is 1. The number of carbonyl (C=O) groups excluding carboxylic acids is 1. The summed E-state index contributed by atoms with van der Waals surface area (Å²) in [6, 6.07) is -0.995. The van der Waals surface area contributed by atoms with Crippen LogP contribution in [0, 0.1) is 0 Å². The highest BCUT2D eigenvalue weighted by atomic mass is 31.2. The van der Waals surface area contributed by atoms with E-state index in [1.807, 2.05) is 6.08 Å². The van der Waals surface area contributed by atoms with E-state index in [2.05, 4.69) is 31.3 Å². The van der Waals surface area contributed by atoms with Gasteiger partial charge in [-0.3, -0.25) is 13.8 Å². The van der Waals surface area contributed by atoms with E-state index in [1.165, 1.54) is 148 Å². The molecule has 320 valence electrons. The predicted octanol–water partition coefficient (Wildman–Crippen LogP) is 11.5. The lowest BCUT2D eigenvalue weighted by molar-refractivity contribution is -0.124. The van der Waals surface area contributed by atoms with Gasteiger partial charge in [-0.15, -0.1) is 0 Å². The Bertz CT molecular complexity index is 919. The number of aliphatic hydroxyl groups is 2. The molecule has 0 saturated heterocycles. The largest absolute Gasteiger partial charge is 0.472 e. The Morgan fingerprint density at radius 1 is 0.630 bits per heavy atom. The molecule has 10 heteroatoms. The van der Waals surface area contributed by atoms with E-state index in [4.69, 9.17) is 14.8 Å². The van der Waals surface area contributed by atoms with E-state index in [0.717, 1.165) is 32.1 Å². The molecule has 0 spiro atoms. The third kappa shape index (κ3) is 37.8. The first-order chi connectivity index (χ1) is 26.3. The number of rotatable bonds is 42. The average molecular weight is 787 g/mol. The molecule has 0 bridgehead atoms. The van der Waals surface area contributed by atoms with Gasteiger partial charge in [-0.25, -0.2) is 4.57 Å². The Morgan fingerprint density at radius 3 is 1.54 bits per heavy atom. The molecule has 0 aliphatic carbocycles. The van der Waals surface area contributed by atoms with Crippen molar-refractivity contribution in [3.63, 3.8) is 0 Å². The van der Waals surface area contributed by atoms with Gasteiger partial charge in [0.2, 0.25) is 5.91 Å². The summed E-state index contributed by atoms with van der Waals surface area (Å²) in [5, 5.41) is 24.0. The van der Waals surface area contributed by atoms with Gasteiger partial charge >= 0.3 is 7.82 Å². The fraction of sp³-hybridized carbons (Fsp3) is 0.886. The second-order valence-electron chi connectivity index (χ2n) is 15.4. The van der Waals surface area contributed by atoms with Crippen molar-refractivity contribution in [2.24, 2.45) is 5.73 Å². The number of unbranched alkanes of at least 4 members (excludes halogenated alkanes) is 26. The van der Waals surface area contributed by atoms with Crippen LogP contribution < -0.4 is 11.1 Å². The number of phosphoric ester groups is 1. The molecule has 6 N–H and O–H groups in total. The molecule has 4 unspecified atom stereocenters. The Hall–Kier alpha value is -1.06. The molecule has 0 heterocycles. The molecular formula is C44H87N2O7P. The molecule has 0 aliphatic rings. The van der Waals surface area contributed by atoms with E-state index >= 15 is 0 Å². The molecule has 0 aromatic carbocycles. The number of amides is 1. The van der Waals surface area contributed by atoms with Gasteiger partial charge in [-0.1, -0.05) is 199 Å². The molecule has 4 atom stereocenters. The van der Waals surface area contributed by atoms with Gasteiger partial charge in [0.25, 0.3) is 0 Å². The summed E-state index contributed by atoms with van der Waals surface area (Å²) in [7, 11) is -4.40. The third-order valence-electron chi connectivity index (χ3n) is 10.1. The molecule has 0 aromatic rings. The minimum absolute atomic E-state index is 0.0460. The lowest BCUT2D eigenvalue weighted by atomic mass is 10.0.